The standard InChI is InChI=1S/C18H14N2O2S2/c21-18(12-5-6-14-17(9-12)24-11-20-14)19-10-13(15-3-1-7-22-15)16-4-2-8-23-16/h1-9,11,13H,10H2,(H,19,21)/t13-/m0/s1. The predicted molar refractivity (Wildman–Crippen MR) is 96.8 cm³/mol. The second-order valence-corrected chi connectivity index (χ2v) is 7.19. The molecular weight excluding hydrogens is 340 g/mol. The number of amides is 1. The fraction of sp³-hybridized carbons (Fsp3) is 0.111. The van der Waals surface area contributed by atoms with Crippen molar-refractivity contribution in [3.05, 3.63) is 75.8 Å². The average molecular weight is 354 g/mol. The number of hydrogen-bond acceptors (Lipinski definition) is 5. The summed E-state index contributed by atoms with van der Waals surface area (Å²) in [5.41, 5.74) is 3.36. The van der Waals surface area contributed by atoms with Crippen molar-refractivity contribution in [1.82, 2.24) is 10.3 Å². The minimum atomic E-state index is -0.0848. The second-order valence-electron chi connectivity index (χ2n) is 5.33. The molecule has 0 fully saturated rings. The van der Waals surface area contributed by atoms with Crippen LogP contribution in [0.5, 0.6) is 0 Å². The summed E-state index contributed by atoms with van der Waals surface area (Å²) in [7, 11) is 0. The van der Waals surface area contributed by atoms with Gasteiger partial charge in [-0.1, -0.05) is 6.07 Å². The van der Waals surface area contributed by atoms with Crippen LogP contribution in [0.4, 0.5) is 0 Å². The first-order valence-electron chi connectivity index (χ1n) is 7.49. The lowest BCUT2D eigenvalue weighted by atomic mass is 10.0. The number of fused-ring (bicyclic) bond motifs is 1. The van der Waals surface area contributed by atoms with Gasteiger partial charge >= 0.3 is 0 Å². The molecular formula is C18H14N2O2S2. The summed E-state index contributed by atoms with van der Waals surface area (Å²) >= 11 is 3.20. The number of benzene rings is 1. The van der Waals surface area contributed by atoms with E-state index < -0.39 is 0 Å². The second kappa shape index (κ2) is 6.59. The van der Waals surface area contributed by atoms with Crippen molar-refractivity contribution < 1.29 is 9.21 Å². The SMILES string of the molecule is O=C(NC[C@@H](c1ccco1)c1cccs1)c1ccc2ncsc2c1. The lowest BCUT2D eigenvalue weighted by Crippen LogP contribution is -2.28. The van der Waals surface area contributed by atoms with Crippen LogP contribution in [-0.2, 0) is 0 Å². The van der Waals surface area contributed by atoms with Gasteiger partial charge in [0.15, 0.2) is 0 Å². The summed E-state index contributed by atoms with van der Waals surface area (Å²) in [6.45, 7) is 0.494. The largest absolute Gasteiger partial charge is 0.469 e. The van der Waals surface area contributed by atoms with Crippen molar-refractivity contribution in [2.45, 2.75) is 5.92 Å². The number of nitrogens with zero attached hydrogens (tertiary/aromatic N) is 1. The molecule has 0 bridgehead atoms. The summed E-state index contributed by atoms with van der Waals surface area (Å²) in [5.74, 6) is 0.796. The lowest BCUT2D eigenvalue weighted by molar-refractivity contribution is 0.0952. The van der Waals surface area contributed by atoms with Gasteiger partial charge in [-0.2, -0.15) is 0 Å². The highest BCUT2D eigenvalue weighted by Crippen LogP contribution is 2.28. The molecule has 0 saturated heterocycles. The van der Waals surface area contributed by atoms with E-state index in [0.717, 1.165) is 16.0 Å². The monoisotopic (exact) mass is 354 g/mol. The summed E-state index contributed by atoms with van der Waals surface area (Å²) in [5, 5.41) is 5.06. The van der Waals surface area contributed by atoms with Crippen LogP contribution >= 0.6 is 22.7 Å². The fourth-order valence-corrected chi connectivity index (χ4v) is 4.17. The Morgan fingerprint density at radius 2 is 2.17 bits per heavy atom. The Hall–Kier alpha value is -2.44. The molecule has 0 unspecified atom stereocenters. The number of hydrogen-bond donors (Lipinski definition) is 1. The fourth-order valence-electron chi connectivity index (χ4n) is 2.61. The highest BCUT2D eigenvalue weighted by molar-refractivity contribution is 7.16. The molecule has 0 aliphatic carbocycles. The Kier molecular flexibility index (Phi) is 4.15. The first kappa shape index (κ1) is 15.1. The summed E-state index contributed by atoms with van der Waals surface area (Å²) in [4.78, 5) is 17.9. The van der Waals surface area contributed by atoms with E-state index in [0.29, 0.717) is 12.1 Å². The average Bonchev–Trinajstić information content (AvgIpc) is 3.36. The Balaban J connectivity index is 1.52. The van der Waals surface area contributed by atoms with E-state index in [1.165, 1.54) is 16.2 Å². The topological polar surface area (TPSA) is 55.1 Å². The van der Waals surface area contributed by atoms with Crippen LogP contribution in [-0.4, -0.2) is 17.4 Å². The van der Waals surface area contributed by atoms with Crippen molar-refractivity contribution in [3.63, 3.8) is 0 Å². The van der Waals surface area contributed by atoms with Crippen LogP contribution in [0.1, 0.15) is 26.9 Å². The first-order valence-corrected chi connectivity index (χ1v) is 9.25. The van der Waals surface area contributed by atoms with E-state index in [2.05, 4.69) is 16.4 Å². The molecule has 1 N–H and O–H groups in total. The number of furan rings is 1. The first-order chi connectivity index (χ1) is 11.8. The molecule has 1 amide bonds. The van der Waals surface area contributed by atoms with Gasteiger partial charge in [-0.25, -0.2) is 4.98 Å². The van der Waals surface area contributed by atoms with Crippen molar-refractivity contribution in [2.75, 3.05) is 6.54 Å². The maximum atomic E-state index is 12.5. The predicted octanol–water partition coefficient (Wildman–Crippen LogP) is 4.51. The van der Waals surface area contributed by atoms with E-state index in [1.54, 1.807) is 23.1 Å². The molecule has 0 spiro atoms. The van der Waals surface area contributed by atoms with Gasteiger partial charge in [0, 0.05) is 17.0 Å². The van der Waals surface area contributed by atoms with Gasteiger partial charge in [-0.05, 0) is 41.8 Å². The molecule has 1 atom stereocenters. The molecule has 6 heteroatoms. The van der Waals surface area contributed by atoms with Crippen LogP contribution < -0.4 is 5.32 Å². The van der Waals surface area contributed by atoms with E-state index in [4.69, 9.17) is 4.42 Å². The maximum absolute atomic E-state index is 12.5. The molecule has 4 aromatic rings. The van der Waals surface area contributed by atoms with E-state index in [-0.39, 0.29) is 11.8 Å². The molecule has 24 heavy (non-hydrogen) atoms. The molecule has 120 valence electrons. The minimum Gasteiger partial charge on any atom is -0.469 e. The van der Waals surface area contributed by atoms with E-state index in [1.807, 2.05) is 41.8 Å². The molecule has 0 radical (unpaired) electrons. The van der Waals surface area contributed by atoms with Gasteiger partial charge in [0.2, 0.25) is 0 Å². The molecule has 0 saturated carbocycles. The van der Waals surface area contributed by atoms with Crippen LogP contribution in [0.15, 0.2) is 64.0 Å². The molecule has 3 aromatic heterocycles. The van der Waals surface area contributed by atoms with Crippen molar-refractivity contribution in [1.29, 1.82) is 0 Å². The summed E-state index contributed by atoms with van der Waals surface area (Å²) in [6, 6.07) is 13.5. The molecule has 1 aromatic carbocycles. The number of thiophene rings is 1. The highest BCUT2D eigenvalue weighted by atomic mass is 32.1. The number of carbonyl (C=O) groups excluding carboxylic acids is 1. The Bertz CT molecular complexity index is 908. The Morgan fingerprint density at radius 3 is 2.96 bits per heavy atom. The van der Waals surface area contributed by atoms with Crippen LogP contribution in [0.3, 0.4) is 0 Å². The van der Waals surface area contributed by atoms with Gasteiger partial charge in [-0.3, -0.25) is 4.79 Å². The van der Waals surface area contributed by atoms with Gasteiger partial charge in [0.1, 0.15) is 5.76 Å². The van der Waals surface area contributed by atoms with Gasteiger partial charge in [-0.15, -0.1) is 22.7 Å². The molecule has 4 rings (SSSR count). The van der Waals surface area contributed by atoms with Gasteiger partial charge < -0.3 is 9.73 Å². The van der Waals surface area contributed by atoms with Gasteiger partial charge in [0.05, 0.1) is 27.9 Å². The Morgan fingerprint density at radius 1 is 1.21 bits per heavy atom. The van der Waals surface area contributed by atoms with Crippen molar-refractivity contribution in [2.24, 2.45) is 0 Å². The number of carbonyl (C=O) groups is 1. The van der Waals surface area contributed by atoms with Crippen molar-refractivity contribution >= 4 is 38.8 Å². The molecule has 0 aliphatic rings. The zero-order valence-electron chi connectivity index (χ0n) is 12.6. The third-order valence-electron chi connectivity index (χ3n) is 3.83. The van der Waals surface area contributed by atoms with Gasteiger partial charge in [0.25, 0.3) is 5.91 Å². The third-order valence-corrected chi connectivity index (χ3v) is 5.61. The Labute approximate surface area is 146 Å². The van der Waals surface area contributed by atoms with E-state index in [9.17, 15) is 4.79 Å². The highest BCUT2D eigenvalue weighted by Gasteiger charge is 2.19. The normalized spacial score (nSPS) is 12.3. The number of rotatable bonds is 5. The number of nitrogens with one attached hydrogen (secondary N) is 1. The van der Waals surface area contributed by atoms with Crippen molar-refractivity contribution in [3.8, 4) is 0 Å². The molecule has 0 aliphatic heterocycles. The lowest BCUT2D eigenvalue weighted by Gasteiger charge is -2.14. The smallest absolute Gasteiger partial charge is 0.251 e. The van der Waals surface area contributed by atoms with Crippen LogP contribution in [0, 0.1) is 0 Å². The zero-order chi connectivity index (χ0) is 16.4. The van der Waals surface area contributed by atoms with E-state index >= 15 is 0 Å². The quantitative estimate of drug-likeness (QED) is 0.573. The molecule has 3 heterocycles. The maximum Gasteiger partial charge on any atom is 0.251 e. The van der Waals surface area contributed by atoms with Crippen LogP contribution in [0.2, 0.25) is 0 Å². The number of thiazole rings is 1. The zero-order valence-corrected chi connectivity index (χ0v) is 14.3. The third kappa shape index (κ3) is 2.98. The summed E-state index contributed by atoms with van der Waals surface area (Å²) < 4.78 is 6.57. The minimum absolute atomic E-state index is 0.0242. The molecule has 4 nitrogen and oxygen atoms in total. The number of aromatic nitrogens is 1. The van der Waals surface area contributed by atoms with Crippen LogP contribution in [0.25, 0.3) is 10.2 Å². The summed E-state index contributed by atoms with van der Waals surface area (Å²) in [6.07, 6.45) is 1.66.